The van der Waals surface area contributed by atoms with Crippen LogP contribution in [0.15, 0.2) is 77.5 Å². The van der Waals surface area contributed by atoms with E-state index in [-0.39, 0.29) is 6.42 Å². The van der Waals surface area contributed by atoms with Gasteiger partial charge in [-0.3, -0.25) is 18.4 Å². The number of aromatic nitrogens is 1. The maximum atomic E-state index is 13.8. The third kappa shape index (κ3) is 10.2. The minimum atomic E-state index is -2.65. The molecule has 0 fully saturated rings. The number of nitrogens with zero attached hydrogens (tertiary/aromatic N) is 2. The van der Waals surface area contributed by atoms with Crippen molar-refractivity contribution in [1.29, 1.82) is 0 Å². The van der Waals surface area contributed by atoms with Crippen molar-refractivity contribution in [3.05, 3.63) is 89.4 Å². The van der Waals surface area contributed by atoms with Crippen LogP contribution in [0, 0.1) is 0 Å². The fourth-order valence-corrected chi connectivity index (χ4v) is 4.28. The SMILES string of the molecule is O=C(O)CCCCCCCCCCC1=N/C(=C\c2ccc(/C=C/C=C/c3ccccc3)n2B(F)F)C=C1. The highest BCUT2D eigenvalue weighted by Gasteiger charge is 2.22. The molecule has 2 aromatic rings. The second-order valence-corrected chi connectivity index (χ2v) is 9.19. The number of unbranched alkanes of at least 4 members (excludes halogenated alkanes) is 7. The molecule has 2 heterocycles. The third-order valence-electron chi connectivity index (χ3n) is 6.23. The van der Waals surface area contributed by atoms with E-state index in [4.69, 9.17) is 5.11 Å². The number of carbonyl (C=O) groups is 1. The molecule has 4 nitrogen and oxygen atoms in total. The molecule has 1 aromatic heterocycles. The van der Waals surface area contributed by atoms with E-state index in [2.05, 4.69) is 4.99 Å². The summed E-state index contributed by atoms with van der Waals surface area (Å²) in [6.45, 7) is 0. The molecule has 37 heavy (non-hydrogen) atoms. The minimum absolute atomic E-state index is 0.269. The van der Waals surface area contributed by atoms with E-state index in [1.165, 1.54) is 6.42 Å². The number of benzene rings is 1. The van der Waals surface area contributed by atoms with Gasteiger partial charge in [0.2, 0.25) is 0 Å². The maximum absolute atomic E-state index is 13.8. The van der Waals surface area contributed by atoms with Crippen LogP contribution in [0.1, 0.15) is 81.2 Å². The second-order valence-electron chi connectivity index (χ2n) is 9.19. The van der Waals surface area contributed by atoms with E-state index in [1.807, 2.05) is 54.6 Å². The molecule has 0 amide bonds. The molecule has 1 aromatic carbocycles. The standard InChI is InChI=1S/C30H35BF2N2O2/c32-31(33)35-28(18-13-12-16-25-14-8-7-9-15-25)22-23-29(35)24-27-21-20-26(34-27)17-10-5-3-1-2-4-6-11-19-30(36)37/h7-9,12-16,18,20-24H,1-6,10-11,17,19H2,(H,36,37)/b16-12+,18-13+,27-24-. The summed E-state index contributed by atoms with van der Waals surface area (Å²) in [5, 5.41) is 8.64. The fourth-order valence-electron chi connectivity index (χ4n) is 4.28. The van der Waals surface area contributed by atoms with Crippen molar-refractivity contribution in [2.24, 2.45) is 4.99 Å². The predicted molar refractivity (Wildman–Crippen MR) is 151 cm³/mol. The molecule has 7 heteroatoms. The molecule has 0 radical (unpaired) electrons. The molecule has 1 aliphatic rings. The number of aliphatic imine (C=N–C) groups is 1. The molecule has 0 spiro atoms. The summed E-state index contributed by atoms with van der Waals surface area (Å²) in [6.07, 6.45) is 22.4. The van der Waals surface area contributed by atoms with E-state index in [1.54, 1.807) is 30.4 Å². The molecule has 0 bridgehead atoms. The lowest BCUT2D eigenvalue weighted by atomic mass is 10.1. The number of hydrogen-bond donors (Lipinski definition) is 1. The Morgan fingerprint density at radius 3 is 2.19 bits per heavy atom. The first kappa shape index (κ1) is 28.1. The Kier molecular flexibility index (Phi) is 11.8. The van der Waals surface area contributed by atoms with Gasteiger partial charge in [0.25, 0.3) is 0 Å². The Hall–Kier alpha value is -3.48. The van der Waals surface area contributed by atoms with Gasteiger partial charge in [-0.2, -0.15) is 0 Å². The van der Waals surface area contributed by atoms with Crippen molar-refractivity contribution < 1.29 is 18.5 Å². The first-order valence-corrected chi connectivity index (χ1v) is 13.1. The van der Waals surface area contributed by atoms with Gasteiger partial charge in [0.05, 0.1) is 5.70 Å². The molecule has 0 unspecified atom stereocenters. The average molecular weight is 504 g/mol. The Balaban J connectivity index is 1.45. The number of rotatable bonds is 16. The van der Waals surface area contributed by atoms with Crippen LogP contribution in [0.3, 0.4) is 0 Å². The van der Waals surface area contributed by atoms with Crippen molar-refractivity contribution >= 4 is 37.3 Å². The summed E-state index contributed by atoms with van der Waals surface area (Å²) < 4.78 is 28.7. The molecular formula is C30H35BF2N2O2. The van der Waals surface area contributed by atoms with Crippen LogP contribution in [-0.2, 0) is 4.79 Å². The van der Waals surface area contributed by atoms with E-state index < -0.39 is 13.4 Å². The van der Waals surface area contributed by atoms with Gasteiger partial charge >= 0.3 is 13.4 Å². The van der Waals surface area contributed by atoms with Gasteiger partial charge < -0.3 is 9.58 Å². The van der Waals surface area contributed by atoms with Crippen molar-refractivity contribution in [3.63, 3.8) is 0 Å². The van der Waals surface area contributed by atoms with Crippen LogP contribution in [0.25, 0.3) is 18.2 Å². The Labute approximate surface area is 219 Å². The predicted octanol–water partition coefficient (Wildman–Crippen LogP) is 8.32. The molecule has 0 atom stereocenters. The minimum Gasteiger partial charge on any atom is -0.481 e. The largest absolute Gasteiger partial charge is 0.678 e. The summed E-state index contributed by atoms with van der Waals surface area (Å²) in [4.78, 5) is 15.1. The fraction of sp³-hybridized carbons (Fsp3) is 0.333. The van der Waals surface area contributed by atoms with Crippen LogP contribution in [-0.4, -0.2) is 28.7 Å². The average Bonchev–Trinajstić information content (AvgIpc) is 3.50. The van der Waals surface area contributed by atoms with Crippen LogP contribution in [0.4, 0.5) is 8.63 Å². The molecule has 0 saturated heterocycles. The van der Waals surface area contributed by atoms with Crippen LogP contribution >= 0.6 is 0 Å². The monoisotopic (exact) mass is 504 g/mol. The summed E-state index contributed by atoms with van der Waals surface area (Å²) in [5.41, 5.74) is 3.59. The van der Waals surface area contributed by atoms with Gasteiger partial charge in [-0.1, -0.05) is 87.1 Å². The van der Waals surface area contributed by atoms with E-state index in [9.17, 15) is 13.4 Å². The van der Waals surface area contributed by atoms with E-state index in [0.717, 1.165) is 67.1 Å². The van der Waals surface area contributed by atoms with Crippen molar-refractivity contribution in [2.75, 3.05) is 0 Å². The molecule has 194 valence electrons. The quantitative estimate of drug-likeness (QED) is 0.142. The van der Waals surface area contributed by atoms with Gasteiger partial charge in [0, 0.05) is 23.5 Å². The van der Waals surface area contributed by atoms with Crippen molar-refractivity contribution in [3.8, 4) is 0 Å². The van der Waals surface area contributed by atoms with Gasteiger partial charge in [-0.05, 0) is 61.3 Å². The number of aliphatic carboxylic acids is 1. The topological polar surface area (TPSA) is 54.6 Å². The summed E-state index contributed by atoms with van der Waals surface area (Å²) in [7, 11) is -2.65. The van der Waals surface area contributed by atoms with Crippen LogP contribution in [0.5, 0.6) is 0 Å². The number of carboxylic acid groups (broad SMARTS) is 1. The normalized spacial score (nSPS) is 14.3. The maximum Gasteiger partial charge on any atom is 0.678 e. The van der Waals surface area contributed by atoms with Crippen LogP contribution < -0.4 is 0 Å². The molecule has 1 N–H and O–H groups in total. The zero-order valence-electron chi connectivity index (χ0n) is 21.2. The third-order valence-corrected chi connectivity index (χ3v) is 6.23. The Bertz CT molecular complexity index is 1150. The summed E-state index contributed by atoms with van der Waals surface area (Å²) in [6, 6.07) is 13.2. The van der Waals surface area contributed by atoms with Gasteiger partial charge in [-0.15, -0.1) is 0 Å². The van der Waals surface area contributed by atoms with E-state index in [0.29, 0.717) is 17.1 Å². The van der Waals surface area contributed by atoms with Gasteiger partial charge in [0.1, 0.15) is 0 Å². The Morgan fingerprint density at radius 1 is 0.838 bits per heavy atom. The number of halogens is 2. The molecular weight excluding hydrogens is 469 g/mol. The lowest BCUT2D eigenvalue weighted by Crippen LogP contribution is -2.16. The molecule has 0 saturated carbocycles. The number of allylic oxidation sites excluding steroid dienone is 4. The zero-order valence-corrected chi connectivity index (χ0v) is 21.2. The van der Waals surface area contributed by atoms with Crippen molar-refractivity contribution in [2.45, 2.75) is 64.2 Å². The smallest absolute Gasteiger partial charge is 0.481 e. The Morgan fingerprint density at radius 2 is 1.49 bits per heavy atom. The summed E-state index contributed by atoms with van der Waals surface area (Å²) in [5.74, 6) is -0.713. The highest BCUT2D eigenvalue weighted by atomic mass is 19.2. The van der Waals surface area contributed by atoms with E-state index >= 15 is 0 Å². The van der Waals surface area contributed by atoms with Crippen LogP contribution in [0.2, 0.25) is 0 Å². The molecule has 1 aliphatic heterocycles. The van der Waals surface area contributed by atoms with Crippen molar-refractivity contribution in [1.82, 2.24) is 4.48 Å². The van der Waals surface area contributed by atoms with Gasteiger partial charge in [-0.25, -0.2) is 0 Å². The first-order valence-electron chi connectivity index (χ1n) is 13.1. The molecule has 0 aliphatic carbocycles. The van der Waals surface area contributed by atoms with Gasteiger partial charge in [0.15, 0.2) is 0 Å². The molecule has 3 rings (SSSR count). The highest BCUT2D eigenvalue weighted by molar-refractivity contribution is 6.41. The second kappa shape index (κ2) is 15.6. The number of hydrogen-bond acceptors (Lipinski definition) is 2. The highest BCUT2D eigenvalue weighted by Crippen LogP contribution is 2.21. The lowest BCUT2D eigenvalue weighted by molar-refractivity contribution is -0.137. The first-order chi connectivity index (χ1) is 18.0. The zero-order chi connectivity index (χ0) is 26.3. The lowest BCUT2D eigenvalue weighted by Gasteiger charge is -2.05. The summed E-state index contributed by atoms with van der Waals surface area (Å²) >= 11 is 0. The number of carboxylic acids is 1.